The third-order valence-electron chi connectivity index (χ3n) is 5.64. The quantitative estimate of drug-likeness (QED) is 0.647. The predicted octanol–water partition coefficient (Wildman–Crippen LogP) is 3.14. The van der Waals surface area contributed by atoms with Gasteiger partial charge in [-0.1, -0.05) is 30.3 Å². The number of amides is 1. The minimum atomic E-state index is -0.122. The molecule has 152 valence electrons. The predicted molar refractivity (Wildman–Crippen MR) is 113 cm³/mol. The van der Waals surface area contributed by atoms with E-state index < -0.39 is 0 Å². The van der Waals surface area contributed by atoms with E-state index in [2.05, 4.69) is 0 Å². The standard InChI is InChI=1S/C23H27N3O3/c1-2-25-20-12-6-7-13-21(20)26(23(25)28)16-22(27)24-14-8-9-18(15-24)17-29-19-10-4-3-5-11-19/h3-7,10-13,18H,2,8-9,14-17H2,1H3. The Hall–Kier alpha value is -3.02. The maximum Gasteiger partial charge on any atom is 0.329 e. The summed E-state index contributed by atoms with van der Waals surface area (Å²) in [6, 6.07) is 17.4. The highest BCUT2D eigenvalue weighted by Crippen LogP contribution is 2.20. The van der Waals surface area contributed by atoms with Crippen LogP contribution in [0.4, 0.5) is 0 Å². The fourth-order valence-electron chi connectivity index (χ4n) is 4.12. The van der Waals surface area contributed by atoms with Crippen molar-refractivity contribution in [3.05, 3.63) is 65.1 Å². The molecule has 1 aromatic heterocycles. The Morgan fingerprint density at radius 2 is 1.72 bits per heavy atom. The maximum absolute atomic E-state index is 13.0. The average molecular weight is 393 g/mol. The molecule has 3 aromatic rings. The third kappa shape index (κ3) is 4.06. The largest absolute Gasteiger partial charge is 0.493 e. The minimum Gasteiger partial charge on any atom is -0.493 e. The number of hydrogen-bond acceptors (Lipinski definition) is 3. The number of para-hydroxylation sites is 3. The van der Waals surface area contributed by atoms with Gasteiger partial charge in [0.1, 0.15) is 12.3 Å². The summed E-state index contributed by atoms with van der Waals surface area (Å²) in [5.74, 6) is 1.16. The first kappa shape index (κ1) is 19.3. The molecule has 1 fully saturated rings. The number of piperidine rings is 1. The van der Waals surface area contributed by atoms with Gasteiger partial charge >= 0.3 is 5.69 Å². The monoisotopic (exact) mass is 393 g/mol. The summed E-state index contributed by atoms with van der Waals surface area (Å²) in [4.78, 5) is 27.7. The van der Waals surface area contributed by atoms with Crippen molar-refractivity contribution in [3.8, 4) is 5.75 Å². The number of ether oxygens (including phenoxy) is 1. The third-order valence-corrected chi connectivity index (χ3v) is 5.64. The second-order valence-electron chi connectivity index (χ2n) is 7.57. The Morgan fingerprint density at radius 3 is 2.45 bits per heavy atom. The van der Waals surface area contributed by atoms with E-state index in [0.29, 0.717) is 25.6 Å². The van der Waals surface area contributed by atoms with Gasteiger partial charge in [-0.25, -0.2) is 4.79 Å². The van der Waals surface area contributed by atoms with E-state index in [1.807, 2.05) is 66.4 Å². The first-order valence-electron chi connectivity index (χ1n) is 10.3. The molecule has 29 heavy (non-hydrogen) atoms. The highest BCUT2D eigenvalue weighted by molar-refractivity contribution is 5.81. The van der Waals surface area contributed by atoms with Crippen LogP contribution in [-0.2, 0) is 17.9 Å². The number of nitrogens with zero attached hydrogens (tertiary/aromatic N) is 3. The van der Waals surface area contributed by atoms with Gasteiger partial charge in [0.2, 0.25) is 5.91 Å². The lowest BCUT2D eigenvalue weighted by Crippen LogP contribution is -2.44. The van der Waals surface area contributed by atoms with Crippen molar-refractivity contribution in [1.29, 1.82) is 0 Å². The van der Waals surface area contributed by atoms with Crippen molar-refractivity contribution >= 4 is 16.9 Å². The van der Waals surface area contributed by atoms with Crippen molar-refractivity contribution in [2.45, 2.75) is 32.9 Å². The smallest absolute Gasteiger partial charge is 0.329 e. The van der Waals surface area contributed by atoms with Gasteiger partial charge in [0, 0.05) is 25.6 Å². The van der Waals surface area contributed by atoms with Gasteiger partial charge in [0.05, 0.1) is 17.6 Å². The number of benzene rings is 2. The zero-order valence-corrected chi connectivity index (χ0v) is 16.8. The van der Waals surface area contributed by atoms with Crippen LogP contribution in [0.3, 0.4) is 0 Å². The number of likely N-dealkylation sites (tertiary alicyclic amines) is 1. The van der Waals surface area contributed by atoms with Crippen LogP contribution in [0.2, 0.25) is 0 Å². The lowest BCUT2D eigenvalue weighted by atomic mass is 9.99. The van der Waals surface area contributed by atoms with Gasteiger partial charge in [0.25, 0.3) is 0 Å². The zero-order chi connectivity index (χ0) is 20.2. The van der Waals surface area contributed by atoms with Crippen LogP contribution in [-0.4, -0.2) is 39.6 Å². The van der Waals surface area contributed by atoms with Crippen LogP contribution in [0, 0.1) is 5.92 Å². The van der Waals surface area contributed by atoms with Crippen LogP contribution < -0.4 is 10.4 Å². The molecule has 1 atom stereocenters. The van der Waals surface area contributed by atoms with E-state index in [4.69, 9.17) is 4.74 Å². The lowest BCUT2D eigenvalue weighted by molar-refractivity contribution is -0.133. The molecule has 0 saturated carbocycles. The summed E-state index contributed by atoms with van der Waals surface area (Å²) >= 11 is 0. The molecule has 2 heterocycles. The van der Waals surface area contributed by atoms with Crippen molar-refractivity contribution in [1.82, 2.24) is 14.0 Å². The molecule has 1 aliphatic rings. The van der Waals surface area contributed by atoms with Gasteiger partial charge in [-0.2, -0.15) is 0 Å². The molecular formula is C23H27N3O3. The van der Waals surface area contributed by atoms with Crippen molar-refractivity contribution in [2.24, 2.45) is 5.92 Å². The topological polar surface area (TPSA) is 56.5 Å². The number of aromatic nitrogens is 2. The zero-order valence-electron chi connectivity index (χ0n) is 16.8. The number of carbonyl (C=O) groups excluding carboxylic acids is 1. The van der Waals surface area contributed by atoms with E-state index >= 15 is 0 Å². The summed E-state index contributed by atoms with van der Waals surface area (Å²) < 4.78 is 9.21. The van der Waals surface area contributed by atoms with Gasteiger partial charge in [-0.15, -0.1) is 0 Å². The maximum atomic E-state index is 13.0. The molecule has 0 bridgehead atoms. The lowest BCUT2D eigenvalue weighted by Gasteiger charge is -2.32. The molecule has 0 N–H and O–H groups in total. The molecule has 1 aliphatic heterocycles. The molecule has 0 aliphatic carbocycles. The van der Waals surface area contributed by atoms with E-state index in [1.165, 1.54) is 0 Å². The van der Waals surface area contributed by atoms with E-state index in [0.717, 1.165) is 36.2 Å². The second-order valence-corrected chi connectivity index (χ2v) is 7.57. The number of fused-ring (bicyclic) bond motifs is 1. The molecule has 0 radical (unpaired) electrons. The molecular weight excluding hydrogens is 366 g/mol. The molecule has 4 rings (SSSR count). The Labute approximate surface area is 170 Å². The summed E-state index contributed by atoms with van der Waals surface area (Å²) in [6.07, 6.45) is 2.01. The fraction of sp³-hybridized carbons (Fsp3) is 0.391. The van der Waals surface area contributed by atoms with Gasteiger partial charge < -0.3 is 9.64 Å². The molecule has 2 aromatic carbocycles. The normalized spacial score (nSPS) is 16.9. The number of hydrogen-bond donors (Lipinski definition) is 0. The minimum absolute atomic E-state index is 0.00415. The summed E-state index contributed by atoms with van der Waals surface area (Å²) in [5, 5.41) is 0. The van der Waals surface area contributed by atoms with Crippen LogP contribution in [0.25, 0.3) is 11.0 Å². The first-order valence-corrected chi connectivity index (χ1v) is 10.3. The van der Waals surface area contributed by atoms with Gasteiger partial charge in [-0.05, 0) is 44.0 Å². The van der Waals surface area contributed by atoms with Crippen molar-refractivity contribution < 1.29 is 9.53 Å². The van der Waals surface area contributed by atoms with Gasteiger partial charge in [0.15, 0.2) is 0 Å². The summed E-state index contributed by atoms with van der Waals surface area (Å²) in [7, 11) is 0. The fourth-order valence-corrected chi connectivity index (χ4v) is 4.12. The Kier molecular flexibility index (Phi) is 5.69. The van der Waals surface area contributed by atoms with Crippen LogP contribution in [0.15, 0.2) is 59.4 Å². The number of rotatable bonds is 6. The Balaban J connectivity index is 1.44. The van der Waals surface area contributed by atoms with E-state index in [-0.39, 0.29) is 18.1 Å². The van der Waals surface area contributed by atoms with Crippen LogP contribution >= 0.6 is 0 Å². The van der Waals surface area contributed by atoms with Crippen LogP contribution in [0.5, 0.6) is 5.75 Å². The first-order chi connectivity index (χ1) is 14.2. The molecule has 6 heteroatoms. The average Bonchev–Trinajstić information content (AvgIpc) is 3.04. The summed E-state index contributed by atoms with van der Waals surface area (Å²) in [6.45, 7) is 4.63. The van der Waals surface area contributed by atoms with E-state index in [1.54, 1.807) is 9.13 Å². The van der Waals surface area contributed by atoms with Crippen molar-refractivity contribution in [2.75, 3.05) is 19.7 Å². The second kappa shape index (κ2) is 8.55. The molecule has 6 nitrogen and oxygen atoms in total. The highest BCUT2D eigenvalue weighted by atomic mass is 16.5. The van der Waals surface area contributed by atoms with Crippen LogP contribution in [0.1, 0.15) is 19.8 Å². The number of carbonyl (C=O) groups is 1. The van der Waals surface area contributed by atoms with Crippen molar-refractivity contribution in [3.63, 3.8) is 0 Å². The van der Waals surface area contributed by atoms with Gasteiger partial charge in [-0.3, -0.25) is 13.9 Å². The molecule has 1 amide bonds. The Bertz CT molecular complexity index is 1040. The summed E-state index contributed by atoms with van der Waals surface area (Å²) in [5.41, 5.74) is 1.57. The highest BCUT2D eigenvalue weighted by Gasteiger charge is 2.25. The SMILES string of the molecule is CCn1c(=O)n(CC(=O)N2CCCC(COc3ccccc3)C2)c2ccccc21. The Morgan fingerprint density at radius 1 is 1.03 bits per heavy atom. The molecule has 1 saturated heterocycles. The number of imidazole rings is 1. The number of aryl methyl sites for hydroxylation is 1. The molecule has 0 spiro atoms. The van der Waals surface area contributed by atoms with E-state index in [9.17, 15) is 9.59 Å². The molecule has 1 unspecified atom stereocenters.